The lowest BCUT2D eigenvalue weighted by molar-refractivity contribution is 0.0933. The number of anilines is 2. The zero-order valence-electron chi connectivity index (χ0n) is 12.4. The fourth-order valence-electron chi connectivity index (χ4n) is 2.05. The van der Waals surface area contributed by atoms with E-state index in [-0.39, 0.29) is 11.9 Å². The summed E-state index contributed by atoms with van der Waals surface area (Å²) >= 11 is 1.35. The molecular weight excluding hydrogens is 272 g/mol. The van der Waals surface area contributed by atoms with Gasteiger partial charge in [-0.25, -0.2) is 4.98 Å². The number of carbonyl (C=O) groups is 1. The molecule has 1 amide bonds. The van der Waals surface area contributed by atoms with Crippen LogP contribution in [0.1, 0.15) is 56.1 Å². The number of rotatable bonds is 6. The highest BCUT2D eigenvalue weighted by Gasteiger charge is 2.22. The van der Waals surface area contributed by atoms with Crippen molar-refractivity contribution in [3.63, 3.8) is 0 Å². The third-order valence-electron chi connectivity index (χ3n) is 4.15. The maximum atomic E-state index is 12.2. The van der Waals surface area contributed by atoms with Crippen LogP contribution in [0, 0.1) is 5.92 Å². The van der Waals surface area contributed by atoms with Gasteiger partial charge in [0.25, 0.3) is 5.91 Å². The first-order valence-corrected chi connectivity index (χ1v) is 8.16. The molecule has 20 heavy (non-hydrogen) atoms. The summed E-state index contributed by atoms with van der Waals surface area (Å²) in [6.07, 6.45) is 4.64. The molecule has 1 aromatic heterocycles. The summed E-state index contributed by atoms with van der Waals surface area (Å²) in [4.78, 5) is 17.0. The lowest BCUT2D eigenvalue weighted by atomic mass is 9.93. The minimum atomic E-state index is -0.116. The predicted molar refractivity (Wildman–Crippen MR) is 84.2 cm³/mol. The lowest BCUT2D eigenvalue weighted by Gasteiger charge is -2.25. The Morgan fingerprint density at radius 3 is 2.75 bits per heavy atom. The molecule has 1 aliphatic rings. The van der Waals surface area contributed by atoms with Gasteiger partial charge in [0.1, 0.15) is 10.7 Å². The van der Waals surface area contributed by atoms with Crippen molar-refractivity contribution in [1.29, 1.82) is 0 Å². The van der Waals surface area contributed by atoms with E-state index in [2.05, 4.69) is 29.5 Å². The molecule has 112 valence electrons. The van der Waals surface area contributed by atoms with Gasteiger partial charge in [-0.15, -0.1) is 0 Å². The molecule has 0 saturated heterocycles. The standard InChI is InChI=1S/C14H24N4OS/c1-4-8(2)9(3)16-13(19)11-12(15)18-14(20-11)17-10-6-5-7-10/h8-10H,4-7,15H2,1-3H3,(H,16,19)(H,17,18). The van der Waals surface area contributed by atoms with Crippen LogP contribution in [0.25, 0.3) is 0 Å². The monoisotopic (exact) mass is 296 g/mol. The molecule has 2 atom stereocenters. The Morgan fingerprint density at radius 1 is 1.50 bits per heavy atom. The third kappa shape index (κ3) is 3.42. The fraction of sp³-hybridized carbons (Fsp3) is 0.714. The third-order valence-corrected chi connectivity index (χ3v) is 5.15. The predicted octanol–water partition coefficient (Wildman–Crippen LogP) is 2.85. The molecule has 0 bridgehead atoms. The Kier molecular flexibility index (Phi) is 4.86. The number of hydrogen-bond acceptors (Lipinski definition) is 5. The molecule has 0 aliphatic heterocycles. The van der Waals surface area contributed by atoms with Crippen molar-refractivity contribution in [3.05, 3.63) is 4.88 Å². The number of nitrogens with zero attached hydrogens (tertiary/aromatic N) is 1. The smallest absolute Gasteiger partial charge is 0.265 e. The van der Waals surface area contributed by atoms with Crippen LogP contribution in [0.2, 0.25) is 0 Å². The normalized spacial score (nSPS) is 18.1. The Morgan fingerprint density at radius 2 is 2.20 bits per heavy atom. The van der Waals surface area contributed by atoms with Crippen LogP contribution in [-0.2, 0) is 0 Å². The quantitative estimate of drug-likeness (QED) is 0.754. The number of nitrogens with one attached hydrogen (secondary N) is 2. The molecular formula is C14H24N4OS. The second-order valence-corrected chi connectivity index (χ2v) is 6.65. The van der Waals surface area contributed by atoms with Gasteiger partial charge in [-0.1, -0.05) is 31.6 Å². The highest BCUT2D eigenvalue weighted by molar-refractivity contribution is 7.18. The van der Waals surface area contributed by atoms with Crippen molar-refractivity contribution in [2.24, 2.45) is 5.92 Å². The van der Waals surface area contributed by atoms with E-state index in [9.17, 15) is 4.79 Å². The minimum Gasteiger partial charge on any atom is -0.382 e. The number of thiazole rings is 1. The van der Waals surface area contributed by atoms with Gasteiger partial charge >= 0.3 is 0 Å². The van der Waals surface area contributed by atoms with Crippen LogP contribution in [-0.4, -0.2) is 23.0 Å². The van der Waals surface area contributed by atoms with Crippen LogP contribution < -0.4 is 16.4 Å². The average molecular weight is 296 g/mol. The van der Waals surface area contributed by atoms with E-state index in [1.54, 1.807) is 0 Å². The molecule has 0 spiro atoms. The van der Waals surface area contributed by atoms with Crippen molar-refractivity contribution in [1.82, 2.24) is 10.3 Å². The lowest BCUT2D eigenvalue weighted by Crippen LogP contribution is -2.36. The first-order chi connectivity index (χ1) is 9.51. The summed E-state index contributed by atoms with van der Waals surface area (Å²) in [5.41, 5.74) is 5.86. The van der Waals surface area contributed by atoms with Gasteiger partial charge in [0, 0.05) is 12.1 Å². The maximum Gasteiger partial charge on any atom is 0.265 e. The van der Waals surface area contributed by atoms with E-state index in [4.69, 9.17) is 5.73 Å². The van der Waals surface area contributed by atoms with Gasteiger partial charge in [-0.2, -0.15) is 0 Å². The molecule has 4 N–H and O–H groups in total. The number of nitrogen functional groups attached to an aromatic ring is 1. The van der Waals surface area contributed by atoms with E-state index in [0.717, 1.165) is 11.6 Å². The summed E-state index contributed by atoms with van der Waals surface area (Å²) in [5, 5.41) is 7.09. The number of nitrogens with two attached hydrogens (primary N) is 1. The molecule has 2 unspecified atom stereocenters. The van der Waals surface area contributed by atoms with Crippen LogP contribution in [0.5, 0.6) is 0 Å². The number of amides is 1. The van der Waals surface area contributed by atoms with Crippen molar-refractivity contribution in [2.45, 2.75) is 58.5 Å². The van der Waals surface area contributed by atoms with Crippen LogP contribution in [0.15, 0.2) is 0 Å². The van der Waals surface area contributed by atoms with Gasteiger partial charge < -0.3 is 16.4 Å². The molecule has 0 aromatic carbocycles. The van der Waals surface area contributed by atoms with E-state index >= 15 is 0 Å². The van der Waals surface area contributed by atoms with Crippen molar-refractivity contribution >= 4 is 28.2 Å². The zero-order chi connectivity index (χ0) is 14.7. The molecule has 6 heteroatoms. The maximum absolute atomic E-state index is 12.2. The minimum absolute atomic E-state index is 0.116. The average Bonchev–Trinajstić information content (AvgIpc) is 2.74. The van der Waals surface area contributed by atoms with Crippen molar-refractivity contribution < 1.29 is 4.79 Å². The van der Waals surface area contributed by atoms with E-state index < -0.39 is 0 Å². The van der Waals surface area contributed by atoms with Gasteiger partial charge in [0.15, 0.2) is 5.13 Å². The number of carbonyl (C=O) groups excluding carboxylic acids is 1. The molecule has 5 nitrogen and oxygen atoms in total. The van der Waals surface area contributed by atoms with Crippen LogP contribution >= 0.6 is 11.3 Å². The Hall–Kier alpha value is -1.30. The molecule has 1 saturated carbocycles. The summed E-state index contributed by atoms with van der Waals surface area (Å²) in [5.74, 6) is 0.654. The molecule has 1 aliphatic carbocycles. The molecule has 1 aromatic rings. The molecule has 0 radical (unpaired) electrons. The summed E-state index contributed by atoms with van der Waals surface area (Å²) < 4.78 is 0. The second kappa shape index (κ2) is 6.43. The Bertz CT molecular complexity index is 470. The molecule has 1 heterocycles. The topological polar surface area (TPSA) is 80.0 Å². The molecule has 2 rings (SSSR count). The highest BCUT2D eigenvalue weighted by atomic mass is 32.1. The SMILES string of the molecule is CCC(C)C(C)NC(=O)c1sc(NC2CCC2)nc1N. The summed E-state index contributed by atoms with van der Waals surface area (Å²) in [6.45, 7) is 6.27. The van der Waals surface area contributed by atoms with Gasteiger partial charge in [0.2, 0.25) is 0 Å². The zero-order valence-corrected chi connectivity index (χ0v) is 13.2. The van der Waals surface area contributed by atoms with Crippen LogP contribution in [0.3, 0.4) is 0 Å². The summed E-state index contributed by atoms with van der Waals surface area (Å²) in [6, 6.07) is 0.632. The largest absolute Gasteiger partial charge is 0.382 e. The fourth-order valence-corrected chi connectivity index (χ4v) is 2.92. The Balaban J connectivity index is 1.98. The number of hydrogen-bond donors (Lipinski definition) is 3. The number of aromatic nitrogens is 1. The molecule has 1 fully saturated rings. The second-order valence-electron chi connectivity index (χ2n) is 5.65. The van der Waals surface area contributed by atoms with E-state index in [1.807, 2.05) is 6.92 Å². The van der Waals surface area contributed by atoms with Gasteiger partial charge in [-0.3, -0.25) is 4.79 Å². The van der Waals surface area contributed by atoms with E-state index in [1.165, 1.54) is 30.6 Å². The Labute approximate surface area is 124 Å². The van der Waals surface area contributed by atoms with Crippen LogP contribution in [0.4, 0.5) is 10.9 Å². The van der Waals surface area contributed by atoms with Gasteiger partial charge in [-0.05, 0) is 32.1 Å². The van der Waals surface area contributed by atoms with Crippen molar-refractivity contribution in [3.8, 4) is 0 Å². The van der Waals surface area contributed by atoms with E-state index in [0.29, 0.717) is 22.7 Å². The van der Waals surface area contributed by atoms with Crippen molar-refractivity contribution in [2.75, 3.05) is 11.1 Å². The summed E-state index contributed by atoms with van der Waals surface area (Å²) in [7, 11) is 0. The highest BCUT2D eigenvalue weighted by Crippen LogP contribution is 2.29. The van der Waals surface area contributed by atoms with Gasteiger partial charge in [0.05, 0.1) is 0 Å². The first-order valence-electron chi connectivity index (χ1n) is 7.35. The first kappa shape index (κ1) is 15.1.